The van der Waals surface area contributed by atoms with E-state index in [-0.39, 0.29) is 12.1 Å². The summed E-state index contributed by atoms with van der Waals surface area (Å²) in [6, 6.07) is 9.94. The maximum absolute atomic E-state index is 11.4. The molecule has 0 unspecified atom stereocenters. The average molecular weight is 444 g/mol. The Hall–Kier alpha value is -2.49. The highest BCUT2D eigenvalue weighted by Crippen LogP contribution is 2.30. The number of anilines is 1. The van der Waals surface area contributed by atoms with Crippen LogP contribution in [0.1, 0.15) is 45.1 Å². The summed E-state index contributed by atoms with van der Waals surface area (Å²) in [5.41, 5.74) is 0.904. The van der Waals surface area contributed by atoms with Crippen molar-refractivity contribution in [3.63, 3.8) is 0 Å². The number of hydrogen-bond acceptors (Lipinski definition) is 6. The molecule has 0 aliphatic heterocycles. The van der Waals surface area contributed by atoms with Gasteiger partial charge < -0.3 is 15.0 Å². The Morgan fingerprint density at radius 3 is 2.48 bits per heavy atom. The summed E-state index contributed by atoms with van der Waals surface area (Å²) in [6.07, 6.45) is 8.15. The van der Waals surface area contributed by atoms with Gasteiger partial charge in [-0.15, -0.1) is 0 Å². The van der Waals surface area contributed by atoms with Crippen LogP contribution in [0.15, 0.2) is 42.7 Å². The van der Waals surface area contributed by atoms with Crippen LogP contribution in [0.3, 0.4) is 0 Å². The minimum absolute atomic E-state index is 0.00323. The van der Waals surface area contributed by atoms with E-state index >= 15 is 0 Å². The molecule has 1 aromatic carbocycles. The lowest BCUT2D eigenvalue weighted by Crippen LogP contribution is -2.39. The van der Waals surface area contributed by atoms with Crippen molar-refractivity contribution in [3.05, 3.63) is 48.3 Å². The van der Waals surface area contributed by atoms with E-state index in [0.29, 0.717) is 5.95 Å². The third-order valence-electron chi connectivity index (χ3n) is 5.72. The summed E-state index contributed by atoms with van der Waals surface area (Å²) >= 11 is 0. The van der Waals surface area contributed by atoms with Gasteiger partial charge in [0.25, 0.3) is 0 Å². The van der Waals surface area contributed by atoms with Gasteiger partial charge in [0.15, 0.2) is 0 Å². The van der Waals surface area contributed by atoms with Crippen molar-refractivity contribution in [3.8, 4) is 5.82 Å². The van der Waals surface area contributed by atoms with Crippen molar-refractivity contribution in [1.82, 2.24) is 19.3 Å². The molecule has 0 bridgehead atoms. The average Bonchev–Trinajstić information content (AvgIpc) is 3.12. The van der Waals surface area contributed by atoms with Crippen LogP contribution >= 0.6 is 0 Å². The summed E-state index contributed by atoms with van der Waals surface area (Å²) in [5.74, 6) is 1.30. The fourth-order valence-electron chi connectivity index (χ4n) is 4.29. The molecule has 1 fully saturated rings. The van der Waals surface area contributed by atoms with Crippen LogP contribution < -0.4 is 10.0 Å². The fourth-order valence-corrected chi connectivity index (χ4v) is 5.14. The third kappa shape index (κ3) is 5.06. The number of nitrogens with one attached hydrogen (secondary N) is 2. The fraction of sp³-hybridized carbons (Fsp3) is 0.455. The molecule has 2 heterocycles. The van der Waals surface area contributed by atoms with Gasteiger partial charge in [-0.25, -0.2) is 18.1 Å². The zero-order valence-electron chi connectivity index (χ0n) is 18.0. The van der Waals surface area contributed by atoms with E-state index in [2.05, 4.69) is 15.0 Å². The van der Waals surface area contributed by atoms with Crippen molar-refractivity contribution in [2.75, 3.05) is 11.6 Å². The van der Waals surface area contributed by atoms with E-state index in [4.69, 9.17) is 4.98 Å². The number of fused-ring (bicyclic) bond motifs is 1. The van der Waals surface area contributed by atoms with Gasteiger partial charge >= 0.3 is 0 Å². The minimum atomic E-state index is -3.17. The Bertz CT molecular complexity index is 1180. The van der Waals surface area contributed by atoms with Crippen LogP contribution in [-0.2, 0) is 15.6 Å². The van der Waals surface area contributed by atoms with Gasteiger partial charge in [0.05, 0.1) is 17.4 Å². The monoisotopic (exact) mass is 443 g/mol. The first kappa shape index (κ1) is 21.7. The van der Waals surface area contributed by atoms with Gasteiger partial charge in [0.2, 0.25) is 16.0 Å². The summed E-state index contributed by atoms with van der Waals surface area (Å²) in [4.78, 5) is 9.07. The molecule has 4 rings (SSSR count). The van der Waals surface area contributed by atoms with E-state index in [0.717, 1.165) is 48.0 Å². The normalized spacial score (nSPS) is 20.1. The first-order chi connectivity index (χ1) is 14.6. The molecule has 3 aromatic rings. The van der Waals surface area contributed by atoms with Crippen LogP contribution in [0.2, 0.25) is 0 Å². The third-order valence-corrected chi connectivity index (χ3v) is 6.48. The summed E-state index contributed by atoms with van der Waals surface area (Å²) in [5, 5.41) is 14.9. The number of rotatable bonds is 6. The van der Waals surface area contributed by atoms with E-state index in [1.54, 1.807) is 20.0 Å². The molecule has 0 atom stereocenters. The molecule has 0 spiro atoms. The lowest BCUT2D eigenvalue weighted by atomic mass is 9.92. The van der Waals surface area contributed by atoms with Gasteiger partial charge in [-0.2, -0.15) is 4.98 Å². The SMILES string of the molecule is CC(C)(O)c1cccc2c1ccn2-c1ccnc(NC2CCC(NS(C)(=O)=O)CC2)n1. The molecule has 9 heteroatoms. The van der Waals surface area contributed by atoms with Crippen LogP contribution in [0.5, 0.6) is 0 Å². The van der Waals surface area contributed by atoms with Crippen molar-refractivity contribution in [2.45, 2.75) is 57.2 Å². The molecule has 166 valence electrons. The lowest BCUT2D eigenvalue weighted by Gasteiger charge is -2.29. The molecule has 0 radical (unpaired) electrons. The van der Waals surface area contributed by atoms with Crippen molar-refractivity contribution in [1.29, 1.82) is 0 Å². The molecular weight excluding hydrogens is 414 g/mol. The molecule has 0 amide bonds. The highest BCUT2D eigenvalue weighted by molar-refractivity contribution is 7.88. The summed E-state index contributed by atoms with van der Waals surface area (Å²) in [6.45, 7) is 3.57. The second-order valence-electron chi connectivity index (χ2n) is 8.80. The highest BCUT2D eigenvalue weighted by atomic mass is 32.2. The Morgan fingerprint density at radius 1 is 1.10 bits per heavy atom. The van der Waals surface area contributed by atoms with Gasteiger partial charge in [-0.05, 0) is 63.3 Å². The molecular formula is C22H29N5O3S. The van der Waals surface area contributed by atoms with Gasteiger partial charge in [0.1, 0.15) is 5.82 Å². The van der Waals surface area contributed by atoms with Crippen LogP contribution in [0.4, 0.5) is 5.95 Å². The Balaban J connectivity index is 1.51. The van der Waals surface area contributed by atoms with Crippen LogP contribution in [0.25, 0.3) is 16.7 Å². The molecule has 0 saturated heterocycles. The summed E-state index contributed by atoms with van der Waals surface area (Å²) < 4.78 is 27.5. The highest BCUT2D eigenvalue weighted by Gasteiger charge is 2.24. The number of benzene rings is 1. The zero-order chi connectivity index (χ0) is 22.2. The molecule has 8 nitrogen and oxygen atoms in total. The van der Waals surface area contributed by atoms with Gasteiger partial charge in [-0.1, -0.05) is 12.1 Å². The summed E-state index contributed by atoms with van der Waals surface area (Å²) in [7, 11) is -3.17. The number of nitrogens with zero attached hydrogens (tertiary/aromatic N) is 3. The van der Waals surface area contributed by atoms with E-state index in [1.165, 1.54) is 6.26 Å². The number of aliphatic hydroxyl groups is 1. The predicted molar refractivity (Wildman–Crippen MR) is 122 cm³/mol. The maximum Gasteiger partial charge on any atom is 0.224 e. The molecule has 31 heavy (non-hydrogen) atoms. The van der Waals surface area contributed by atoms with Crippen molar-refractivity contribution in [2.24, 2.45) is 0 Å². The zero-order valence-corrected chi connectivity index (χ0v) is 18.9. The minimum Gasteiger partial charge on any atom is -0.386 e. The van der Waals surface area contributed by atoms with Crippen molar-refractivity contribution < 1.29 is 13.5 Å². The topological polar surface area (TPSA) is 109 Å². The quantitative estimate of drug-likeness (QED) is 0.540. The first-order valence-corrected chi connectivity index (χ1v) is 12.4. The van der Waals surface area contributed by atoms with Crippen LogP contribution in [0, 0.1) is 0 Å². The number of sulfonamides is 1. The largest absolute Gasteiger partial charge is 0.386 e. The maximum atomic E-state index is 11.4. The standard InChI is InChI=1S/C22H29N5O3S/c1-22(2,28)18-5-4-6-19-17(18)12-14-27(19)20-11-13-23-21(25-20)24-15-7-9-16(10-8-15)26-31(3,29)30/h4-6,11-16,26,28H,7-10H2,1-3H3,(H,23,24,25). The lowest BCUT2D eigenvalue weighted by molar-refractivity contribution is 0.0802. The van der Waals surface area contributed by atoms with Gasteiger partial charge in [0, 0.05) is 29.9 Å². The van der Waals surface area contributed by atoms with E-state index in [9.17, 15) is 13.5 Å². The Kier molecular flexibility index (Phi) is 5.76. The number of aromatic nitrogens is 3. The molecule has 1 saturated carbocycles. The predicted octanol–water partition coefficient (Wildman–Crippen LogP) is 2.92. The Labute approximate surface area is 182 Å². The first-order valence-electron chi connectivity index (χ1n) is 10.5. The molecule has 3 N–H and O–H groups in total. The molecule has 1 aliphatic rings. The Morgan fingerprint density at radius 2 is 1.81 bits per heavy atom. The van der Waals surface area contributed by atoms with Crippen LogP contribution in [-0.4, -0.2) is 46.4 Å². The van der Waals surface area contributed by atoms with E-state index < -0.39 is 15.6 Å². The van der Waals surface area contributed by atoms with Gasteiger partial charge in [-0.3, -0.25) is 0 Å². The smallest absolute Gasteiger partial charge is 0.224 e. The van der Waals surface area contributed by atoms with E-state index in [1.807, 2.05) is 41.1 Å². The second-order valence-corrected chi connectivity index (χ2v) is 10.6. The molecule has 1 aliphatic carbocycles. The molecule has 2 aromatic heterocycles. The second kappa shape index (κ2) is 8.22. The number of hydrogen-bond donors (Lipinski definition) is 3. The van der Waals surface area contributed by atoms with Crippen molar-refractivity contribution >= 4 is 26.9 Å².